The molecule has 3 atom stereocenters. The monoisotopic (exact) mass is 405 g/mol. The van der Waals surface area contributed by atoms with Crippen LogP contribution in [0.4, 0.5) is 10.5 Å². The summed E-state index contributed by atoms with van der Waals surface area (Å²) in [7, 11) is 0. The second-order valence-electron chi connectivity index (χ2n) is 8.28. The molecule has 7 heteroatoms. The lowest BCUT2D eigenvalue weighted by atomic mass is 9.80. The van der Waals surface area contributed by atoms with Crippen LogP contribution in [0.2, 0.25) is 5.02 Å². The molecule has 3 aliphatic heterocycles. The van der Waals surface area contributed by atoms with E-state index >= 15 is 0 Å². The highest BCUT2D eigenvalue weighted by Gasteiger charge is 2.50. The Hall–Kier alpha value is -1.79. The molecule has 1 spiro atoms. The number of carbonyl (C=O) groups excluding carboxylic acids is 2. The van der Waals surface area contributed by atoms with Crippen molar-refractivity contribution in [2.75, 3.05) is 31.5 Å². The Balaban J connectivity index is 1.34. The summed E-state index contributed by atoms with van der Waals surface area (Å²) >= 11 is 5.90. The third-order valence-electron chi connectivity index (χ3n) is 6.48. The van der Waals surface area contributed by atoms with Crippen LogP contribution in [0.25, 0.3) is 0 Å². The summed E-state index contributed by atoms with van der Waals surface area (Å²) in [6.07, 6.45) is 4.33. The van der Waals surface area contributed by atoms with E-state index in [0.29, 0.717) is 18.1 Å². The SMILES string of the molecule is CC1CN(C(=O)Nc2ccc(Cl)cc2)CCC12CCC(C(=O)N1CCCC1)O2. The van der Waals surface area contributed by atoms with Crippen LogP contribution in [0.3, 0.4) is 0 Å². The van der Waals surface area contributed by atoms with Gasteiger partial charge in [-0.25, -0.2) is 4.79 Å². The van der Waals surface area contributed by atoms with Gasteiger partial charge in [0.05, 0.1) is 5.60 Å². The van der Waals surface area contributed by atoms with E-state index in [-0.39, 0.29) is 29.6 Å². The van der Waals surface area contributed by atoms with Gasteiger partial charge in [0.2, 0.25) is 0 Å². The summed E-state index contributed by atoms with van der Waals surface area (Å²) in [5, 5.41) is 3.57. The number of nitrogens with one attached hydrogen (secondary N) is 1. The van der Waals surface area contributed by atoms with E-state index < -0.39 is 0 Å². The Labute approximate surface area is 171 Å². The number of benzene rings is 1. The fraction of sp³-hybridized carbons (Fsp3) is 0.619. The van der Waals surface area contributed by atoms with Crippen molar-refractivity contribution < 1.29 is 14.3 Å². The van der Waals surface area contributed by atoms with E-state index in [9.17, 15) is 9.59 Å². The van der Waals surface area contributed by atoms with Crippen LogP contribution < -0.4 is 5.32 Å². The lowest BCUT2D eigenvalue weighted by Crippen LogP contribution is -2.54. The minimum absolute atomic E-state index is 0.105. The van der Waals surface area contributed by atoms with Crippen molar-refractivity contribution in [2.45, 2.75) is 50.7 Å². The average Bonchev–Trinajstić information content (AvgIpc) is 3.36. The Bertz CT molecular complexity index is 735. The van der Waals surface area contributed by atoms with Gasteiger partial charge in [-0.15, -0.1) is 0 Å². The lowest BCUT2D eigenvalue weighted by molar-refractivity contribution is -0.154. The molecule has 3 fully saturated rings. The molecule has 3 unspecified atom stereocenters. The molecule has 1 N–H and O–H groups in total. The van der Waals surface area contributed by atoms with Gasteiger partial charge in [-0.2, -0.15) is 0 Å². The third-order valence-corrected chi connectivity index (χ3v) is 6.73. The molecule has 3 heterocycles. The van der Waals surface area contributed by atoms with Crippen molar-refractivity contribution >= 4 is 29.2 Å². The van der Waals surface area contributed by atoms with Crippen molar-refractivity contribution in [3.05, 3.63) is 29.3 Å². The Kier molecular flexibility index (Phi) is 5.52. The number of hydrogen-bond acceptors (Lipinski definition) is 3. The van der Waals surface area contributed by atoms with Crippen molar-refractivity contribution in [3.63, 3.8) is 0 Å². The zero-order chi connectivity index (χ0) is 19.7. The maximum atomic E-state index is 12.7. The van der Waals surface area contributed by atoms with Crippen LogP contribution >= 0.6 is 11.6 Å². The minimum Gasteiger partial charge on any atom is -0.362 e. The van der Waals surface area contributed by atoms with Crippen LogP contribution in [0, 0.1) is 5.92 Å². The quantitative estimate of drug-likeness (QED) is 0.814. The molecule has 6 nitrogen and oxygen atoms in total. The first-order valence-corrected chi connectivity index (χ1v) is 10.6. The number of piperidine rings is 1. The highest BCUT2D eigenvalue weighted by atomic mass is 35.5. The van der Waals surface area contributed by atoms with Crippen LogP contribution in [0.5, 0.6) is 0 Å². The van der Waals surface area contributed by atoms with Crippen LogP contribution in [-0.4, -0.2) is 59.6 Å². The number of carbonyl (C=O) groups is 2. The maximum Gasteiger partial charge on any atom is 0.321 e. The zero-order valence-electron chi connectivity index (χ0n) is 16.3. The normalized spacial score (nSPS) is 30.1. The standard InChI is InChI=1S/C21H28ClN3O3/c1-15-14-25(20(27)23-17-6-4-16(22)5-7-17)13-10-21(15)9-8-18(28-21)19(26)24-11-2-3-12-24/h4-7,15,18H,2-3,8-14H2,1H3,(H,23,27). The predicted molar refractivity (Wildman–Crippen MR) is 108 cm³/mol. The van der Waals surface area contributed by atoms with E-state index in [1.54, 1.807) is 24.3 Å². The topological polar surface area (TPSA) is 61.9 Å². The van der Waals surface area contributed by atoms with E-state index in [1.165, 1.54) is 0 Å². The molecule has 3 aliphatic rings. The summed E-state index contributed by atoms with van der Waals surface area (Å²) in [6, 6.07) is 7.00. The molecule has 0 radical (unpaired) electrons. The van der Waals surface area contributed by atoms with Gasteiger partial charge in [0.15, 0.2) is 0 Å². The van der Waals surface area contributed by atoms with E-state index in [4.69, 9.17) is 16.3 Å². The number of hydrogen-bond donors (Lipinski definition) is 1. The van der Waals surface area contributed by atoms with Crippen molar-refractivity contribution in [1.29, 1.82) is 0 Å². The van der Waals surface area contributed by atoms with Crippen LogP contribution in [0.1, 0.15) is 39.0 Å². The molecular weight excluding hydrogens is 378 g/mol. The fourth-order valence-electron chi connectivity index (χ4n) is 4.72. The Morgan fingerprint density at radius 3 is 2.50 bits per heavy atom. The van der Waals surface area contributed by atoms with Gasteiger partial charge in [0.1, 0.15) is 6.10 Å². The molecule has 0 saturated carbocycles. The summed E-state index contributed by atoms with van der Waals surface area (Å²) in [4.78, 5) is 29.1. The first-order valence-electron chi connectivity index (χ1n) is 10.2. The van der Waals surface area contributed by atoms with Gasteiger partial charge < -0.3 is 19.9 Å². The number of amides is 3. The smallest absolute Gasteiger partial charge is 0.321 e. The number of ether oxygens (including phenoxy) is 1. The molecule has 152 valence electrons. The summed E-state index contributed by atoms with van der Waals surface area (Å²) in [5.74, 6) is 0.345. The number of likely N-dealkylation sites (tertiary alicyclic amines) is 2. The first kappa shape index (κ1) is 19.5. The molecule has 4 rings (SSSR count). The van der Waals surface area contributed by atoms with E-state index in [2.05, 4.69) is 12.2 Å². The van der Waals surface area contributed by atoms with E-state index in [1.807, 2.05) is 9.80 Å². The molecule has 3 saturated heterocycles. The second kappa shape index (κ2) is 7.91. The molecule has 28 heavy (non-hydrogen) atoms. The third kappa shape index (κ3) is 3.85. The highest BCUT2D eigenvalue weighted by Crippen LogP contribution is 2.43. The van der Waals surface area contributed by atoms with Crippen LogP contribution in [0.15, 0.2) is 24.3 Å². The van der Waals surface area contributed by atoms with Crippen LogP contribution in [-0.2, 0) is 9.53 Å². The van der Waals surface area contributed by atoms with Gasteiger partial charge >= 0.3 is 6.03 Å². The molecule has 1 aromatic carbocycles. The molecule has 0 aromatic heterocycles. The fourth-order valence-corrected chi connectivity index (χ4v) is 4.84. The molecular formula is C21H28ClN3O3. The number of halogens is 1. The van der Waals surface area contributed by atoms with Crippen molar-refractivity contribution in [2.24, 2.45) is 5.92 Å². The molecule has 1 aromatic rings. The average molecular weight is 406 g/mol. The van der Waals surface area contributed by atoms with Gasteiger partial charge in [-0.05, 0) is 56.4 Å². The number of urea groups is 1. The second-order valence-corrected chi connectivity index (χ2v) is 8.71. The number of nitrogens with zero attached hydrogens (tertiary/aromatic N) is 2. The predicted octanol–water partition coefficient (Wildman–Crippen LogP) is 3.75. The molecule has 0 bridgehead atoms. The lowest BCUT2D eigenvalue weighted by Gasteiger charge is -2.44. The Morgan fingerprint density at radius 1 is 1.11 bits per heavy atom. The summed E-state index contributed by atoms with van der Waals surface area (Å²) in [6.45, 7) is 5.11. The van der Waals surface area contributed by atoms with Crippen molar-refractivity contribution in [3.8, 4) is 0 Å². The maximum absolute atomic E-state index is 12.7. The molecule has 0 aliphatic carbocycles. The van der Waals surface area contributed by atoms with Gasteiger partial charge in [0, 0.05) is 42.8 Å². The number of anilines is 1. The highest BCUT2D eigenvalue weighted by molar-refractivity contribution is 6.30. The van der Waals surface area contributed by atoms with Gasteiger partial charge in [-0.3, -0.25) is 4.79 Å². The summed E-state index contributed by atoms with van der Waals surface area (Å²) < 4.78 is 6.37. The number of rotatable bonds is 2. The molecule has 3 amide bonds. The van der Waals surface area contributed by atoms with Gasteiger partial charge in [0.25, 0.3) is 5.91 Å². The largest absolute Gasteiger partial charge is 0.362 e. The minimum atomic E-state index is -0.310. The Morgan fingerprint density at radius 2 is 1.82 bits per heavy atom. The summed E-state index contributed by atoms with van der Waals surface area (Å²) in [5.41, 5.74) is 0.452. The zero-order valence-corrected chi connectivity index (χ0v) is 17.1. The van der Waals surface area contributed by atoms with Crippen molar-refractivity contribution in [1.82, 2.24) is 9.80 Å². The van der Waals surface area contributed by atoms with Gasteiger partial charge in [-0.1, -0.05) is 18.5 Å². The first-order chi connectivity index (χ1) is 13.5. The van der Waals surface area contributed by atoms with E-state index in [0.717, 1.165) is 50.9 Å².